The van der Waals surface area contributed by atoms with Crippen molar-refractivity contribution in [3.05, 3.63) is 29.8 Å². The molecule has 1 nitrogen and oxygen atoms in total. The van der Waals surface area contributed by atoms with Crippen LogP contribution in [0.5, 0.6) is 0 Å². The normalized spacial score (nSPS) is 21.2. The summed E-state index contributed by atoms with van der Waals surface area (Å²) in [5.74, 6) is 1.24. The fraction of sp³-hybridized carbons (Fsp3) is 0.455. The van der Waals surface area contributed by atoms with Crippen molar-refractivity contribution in [2.45, 2.75) is 24.3 Å². The first-order chi connectivity index (χ1) is 6.42. The largest absolute Gasteiger partial charge is 0.310 e. The highest BCUT2D eigenvalue weighted by atomic mass is 32.2. The third-order valence-electron chi connectivity index (χ3n) is 2.41. The predicted octanol–water partition coefficient (Wildman–Crippen LogP) is 2.83. The quantitative estimate of drug-likeness (QED) is 0.775. The monoisotopic (exact) mass is 193 g/mol. The molecule has 1 aromatic carbocycles. The Morgan fingerprint density at radius 3 is 3.15 bits per heavy atom. The Kier molecular flexibility index (Phi) is 2.91. The second-order valence-electron chi connectivity index (χ2n) is 3.29. The van der Waals surface area contributed by atoms with Gasteiger partial charge in [-0.2, -0.15) is 0 Å². The lowest BCUT2D eigenvalue weighted by Crippen LogP contribution is -2.24. The lowest BCUT2D eigenvalue weighted by atomic mass is 10.0. The van der Waals surface area contributed by atoms with Crippen LogP contribution in [0.15, 0.2) is 29.2 Å². The van der Waals surface area contributed by atoms with Gasteiger partial charge in [-0.25, -0.2) is 0 Å². The Hall–Kier alpha value is -0.470. The molecule has 2 rings (SSSR count). The van der Waals surface area contributed by atoms with E-state index in [9.17, 15) is 0 Å². The van der Waals surface area contributed by atoms with Gasteiger partial charge in [0.2, 0.25) is 0 Å². The van der Waals surface area contributed by atoms with Crippen molar-refractivity contribution in [1.82, 2.24) is 5.32 Å². The Balaban J connectivity index is 2.26. The molecule has 1 heterocycles. The molecule has 0 saturated heterocycles. The van der Waals surface area contributed by atoms with Crippen LogP contribution in [0.2, 0.25) is 0 Å². The summed E-state index contributed by atoms with van der Waals surface area (Å²) in [6, 6.07) is 9.32. The van der Waals surface area contributed by atoms with Gasteiger partial charge >= 0.3 is 0 Å². The molecule has 0 fully saturated rings. The number of fused-ring (bicyclic) bond motifs is 1. The van der Waals surface area contributed by atoms with Crippen LogP contribution in [0.25, 0.3) is 0 Å². The molecule has 0 spiro atoms. The summed E-state index contributed by atoms with van der Waals surface area (Å²) in [5.41, 5.74) is 1.49. The van der Waals surface area contributed by atoms with Crippen molar-refractivity contribution in [2.24, 2.45) is 0 Å². The third kappa shape index (κ3) is 1.89. The van der Waals surface area contributed by atoms with Crippen LogP contribution in [-0.2, 0) is 0 Å². The lowest BCUT2D eigenvalue weighted by Gasteiger charge is -2.25. The van der Waals surface area contributed by atoms with Crippen molar-refractivity contribution in [2.75, 3.05) is 12.3 Å². The molecule has 1 aromatic rings. The predicted molar refractivity (Wildman–Crippen MR) is 58.2 cm³/mol. The van der Waals surface area contributed by atoms with Crippen molar-refractivity contribution < 1.29 is 0 Å². The van der Waals surface area contributed by atoms with Gasteiger partial charge in [0.15, 0.2) is 0 Å². The average Bonchev–Trinajstić information content (AvgIpc) is 2.19. The number of benzene rings is 1. The second kappa shape index (κ2) is 4.16. The van der Waals surface area contributed by atoms with Crippen molar-refractivity contribution >= 4 is 11.8 Å². The van der Waals surface area contributed by atoms with E-state index >= 15 is 0 Å². The SMILES string of the molecule is CCNC1CCSc2ccccc21. The molecule has 1 aliphatic rings. The van der Waals surface area contributed by atoms with Crippen molar-refractivity contribution in [3.8, 4) is 0 Å². The molecule has 0 aromatic heterocycles. The highest BCUT2D eigenvalue weighted by molar-refractivity contribution is 7.99. The van der Waals surface area contributed by atoms with Gasteiger partial charge in [-0.15, -0.1) is 11.8 Å². The van der Waals surface area contributed by atoms with E-state index in [1.165, 1.54) is 22.6 Å². The average molecular weight is 193 g/mol. The summed E-state index contributed by atoms with van der Waals surface area (Å²) in [5, 5.41) is 3.53. The maximum Gasteiger partial charge on any atom is 0.0339 e. The Labute approximate surface area is 83.9 Å². The van der Waals surface area contributed by atoms with E-state index in [0.29, 0.717) is 6.04 Å². The van der Waals surface area contributed by atoms with E-state index in [4.69, 9.17) is 0 Å². The van der Waals surface area contributed by atoms with E-state index in [2.05, 4.69) is 36.5 Å². The lowest BCUT2D eigenvalue weighted by molar-refractivity contribution is 0.527. The summed E-state index contributed by atoms with van der Waals surface area (Å²) < 4.78 is 0. The molecular weight excluding hydrogens is 178 g/mol. The molecule has 0 radical (unpaired) electrons. The van der Waals surface area contributed by atoms with E-state index in [1.54, 1.807) is 0 Å². The van der Waals surface area contributed by atoms with Crippen molar-refractivity contribution in [3.63, 3.8) is 0 Å². The molecule has 0 amide bonds. The number of rotatable bonds is 2. The number of hydrogen-bond donors (Lipinski definition) is 1. The van der Waals surface area contributed by atoms with Gasteiger partial charge in [-0.3, -0.25) is 0 Å². The minimum Gasteiger partial charge on any atom is -0.310 e. The highest BCUT2D eigenvalue weighted by Crippen LogP contribution is 2.35. The zero-order valence-corrected chi connectivity index (χ0v) is 8.73. The maximum atomic E-state index is 3.53. The van der Waals surface area contributed by atoms with Crippen molar-refractivity contribution in [1.29, 1.82) is 0 Å². The van der Waals surface area contributed by atoms with E-state index in [-0.39, 0.29) is 0 Å². The van der Waals surface area contributed by atoms with Crippen LogP contribution in [0.1, 0.15) is 24.9 Å². The molecule has 2 heteroatoms. The van der Waals surface area contributed by atoms with Crippen LogP contribution in [-0.4, -0.2) is 12.3 Å². The second-order valence-corrected chi connectivity index (χ2v) is 4.42. The summed E-state index contributed by atoms with van der Waals surface area (Å²) in [7, 11) is 0. The van der Waals surface area contributed by atoms with Crippen LogP contribution in [0.3, 0.4) is 0 Å². The van der Waals surface area contributed by atoms with Gasteiger partial charge in [0.25, 0.3) is 0 Å². The molecule has 0 bridgehead atoms. The minimum absolute atomic E-state index is 0.586. The zero-order chi connectivity index (χ0) is 9.10. The molecule has 13 heavy (non-hydrogen) atoms. The maximum absolute atomic E-state index is 3.53. The van der Waals surface area contributed by atoms with E-state index < -0.39 is 0 Å². The summed E-state index contributed by atoms with van der Waals surface area (Å²) in [4.78, 5) is 1.46. The number of thioether (sulfide) groups is 1. The smallest absolute Gasteiger partial charge is 0.0339 e. The molecule has 1 N–H and O–H groups in total. The van der Waals surface area contributed by atoms with Gasteiger partial charge in [-0.1, -0.05) is 25.1 Å². The van der Waals surface area contributed by atoms with Gasteiger partial charge in [0, 0.05) is 10.9 Å². The van der Waals surface area contributed by atoms with Gasteiger partial charge in [0.1, 0.15) is 0 Å². The summed E-state index contributed by atoms with van der Waals surface area (Å²) in [6.45, 7) is 3.23. The van der Waals surface area contributed by atoms with E-state index in [1.807, 2.05) is 11.8 Å². The fourth-order valence-electron chi connectivity index (χ4n) is 1.80. The topological polar surface area (TPSA) is 12.0 Å². The number of nitrogens with one attached hydrogen (secondary N) is 1. The van der Waals surface area contributed by atoms with Crippen LogP contribution in [0.4, 0.5) is 0 Å². The Morgan fingerprint density at radius 1 is 1.46 bits per heavy atom. The molecule has 0 aliphatic carbocycles. The Morgan fingerprint density at radius 2 is 2.31 bits per heavy atom. The van der Waals surface area contributed by atoms with Gasteiger partial charge in [-0.05, 0) is 30.3 Å². The molecule has 70 valence electrons. The molecule has 1 atom stereocenters. The first kappa shape index (κ1) is 9.10. The van der Waals surface area contributed by atoms with Crippen LogP contribution < -0.4 is 5.32 Å². The minimum atomic E-state index is 0.586. The zero-order valence-electron chi connectivity index (χ0n) is 7.92. The molecular formula is C11H15NS. The molecule has 1 aliphatic heterocycles. The van der Waals surface area contributed by atoms with Crippen LogP contribution in [0, 0.1) is 0 Å². The Bertz CT molecular complexity index is 285. The highest BCUT2D eigenvalue weighted by Gasteiger charge is 2.18. The molecule has 0 saturated carbocycles. The third-order valence-corrected chi connectivity index (χ3v) is 3.53. The first-order valence-corrected chi connectivity index (χ1v) is 5.85. The number of hydrogen-bond acceptors (Lipinski definition) is 2. The molecule has 1 unspecified atom stereocenters. The summed E-state index contributed by atoms with van der Waals surface area (Å²) in [6.07, 6.45) is 1.26. The van der Waals surface area contributed by atoms with Gasteiger partial charge < -0.3 is 5.32 Å². The first-order valence-electron chi connectivity index (χ1n) is 4.87. The summed E-state index contributed by atoms with van der Waals surface area (Å²) >= 11 is 1.98. The van der Waals surface area contributed by atoms with E-state index in [0.717, 1.165) is 6.54 Å². The standard InChI is InChI=1S/C11H15NS/c1-2-12-10-7-8-13-11-6-4-3-5-9(10)11/h3-6,10,12H,2,7-8H2,1H3. The fourth-order valence-corrected chi connectivity index (χ4v) is 2.93. The van der Waals surface area contributed by atoms with Gasteiger partial charge in [0.05, 0.1) is 0 Å². The van der Waals surface area contributed by atoms with Crippen LogP contribution >= 0.6 is 11.8 Å².